The van der Waals surface area contributed by atoms with Gasteiger partial charge in [-0.1, -0.05) is 6.07 Å². The zero-order valence-corrected chi connectivity index (χ0v) is 16.4. The Labute approximate surface area is 175 Å². The molecule has 0 spiro atoms. The summed E-state index contributed by atoms with van der Waals surface area (Å²) in [5, 5.41) is 14.0. The summed E-state index contributed by atoms with van der Waals surface area (Å²) in [6.07, 6.45) is -2.97. The molecule has 0 bridgehead atoms. The first-order valence-corrected chi connectivity index (χ1v) is 9.32. The molecule has 12 heteroatoms. The SMILES string of the molecule is NC(=O)c1cc(C2CCCN(CCOc3cccc(F)c3)C2)[nH]n1.O=C(O)C(F)(F)F. The molecule has 31 heavy (non-hydrogen) atoms. The average Bonchev–Trinajstić information content (AvgIpc) is 3.19. The van der Waals surface area contributed by atoms with Gasteiger partial charge in [0, 0.05) is 30.8 Å². The number of carboxylic acids is 1. The maximum Gasteiger partial charge on any atom is 0.490 e. The van der Waals surface area contributed by atoms with Crippen LogP contribution in [0.15, 0.2) is 30.3 Å². The van der Waals surface area contributed by atoms with Gasteiger partial charge in [0.05, 0.1) is 0 Å². The van der Waals surface area contributed by atoms with E-state index in [1.807, 2.05) is 0 Å². The van der Waals surface area contributed by atoms with Crippen LogP contribution in [-0.4, -0.2) is 64.5 Å². The maximum atomic E-state index is 13.1. The molecule has 1 aromatic heterocycles. The molecular weight excluding hydrogens is 424 g/mol. The van der Waals surface area contributed by atoms with Gasteiger partial charge in [0.25, 0.3) is 5.91 Å². The van der Waals surface area contributed by atoms with Gasteiger partial charge >= 0.3 is 12.1 Å². The minimum atomic E-state index is -5.08. The number of carbonyl (C=O) groups excluding carboxylic acids is 1. The van der Waals surface area contributed by atoms with E-state index in [0.717, 1.165) is 38.2 Å². The summed E-state index contributed by atoms with van der Waals surface area (Å²) >= 11 is 0. The quantitative estimate of drug-likeness (QED) is 0.587. The van der Waals surface area contributed by atoms with Gasteiger partial charge in [-0.15, -0.1) is 0 Å². The lowest BCUT2D eigenvalue weighted by Crippen LogP contribution is -2.37. The van der Waals surface area contributed by atoms with E-state index in [9.17, 15) is 22.4 Å². The molecule has 1 amide bonds. The highest BCUT2D eigenvalue weighted by molar-refractivity contribution is 5.90. The number of primary amides is 1. The van der Waals surface area contributed by atoms with Crippen molar-refractivity contribution in [1.29, 1.82) is 0 Å². The van der Waals surface area contributed by atoms with Gasteiger partial charge in [-0.3, -0.25) is 14.8 Å². The molecule has 170 valence electrons. The Hall–Kier alpha value is -3.15. The van der Waals surface area contributed by atoms with E-state index in [0.29, 0.717) is 18.3 Å². The van der Waals surface area contributed by atoms with Crippen molar-refractivity contribution in [3.8, 4) is 5.75 Å². The summed E-state index contributed by atoms with van der Waals surface area (Å²) in [5.41, 5.74) is 6.46. The Morgan fingerprint density at radius 2 is 2.03 bits per heavy atom. The number of halogens is 4. The van der Waals surface area contributed by atoms with Gasteiger partial charge in [0.1, 0.15) is 23.9 Å². The lowest BCUT2D eigenvalue weighted by Gasteiger charge is -2.32. The van der Waals surface area contributed by atoms with Crippen LogP contribution in [0.1, 0.15) is 34.9 Å². The zero-order chi connectivity index (χ0) is 23.0. The number of hydrogen-bond donors (Lipinski definition) is 3. The van der Waals surface area contributed by atoms with E-state index in [1.165, 1.54) is 12.1 Å². The summed E-state index contributed by atoms with van der Waals surface area (Å²) in [4.78, 5) is 22.3. The number of alkyl halides is 3. The third kappa shape index (κ3) is 7.89. The smallest absolute Gasteiger partial charge is 0.490 e. The molecule has 0 radical (unpaired) electrons. The van der Waals surface area contributed by atoms with E-state index in [1.54, 1.807) is 18.2 Å². The standard InChI is InChI=1S/C17H21FN4O2.C2HF3O2/c18-13-4-1-5-14(9-13)24-8-7-22-6-2-3-12(11-22)15-10-16(17(19)23)21-20-15;3-2(4,5)1(6)7/h1,4-5,9-10,12H,2-3,6-8,11H2,(H2,19,23)(H,20,21);(H,6,7). The number of H-pyrrole nitrogens is 1. The van der Waals surface area contributed by atoms with Crippen molar-refractivity contribution in [3.05, 3.63) is 47.5 Å². The molecule has 0 aliphatic carbocycles. The first-order chi connectivity index (χ1) is 14.6. The second kappa shape index (κ2) is 10.8. The predicted octanol–water partition coefficient (Wildman–Crippen LogP) is 2.54. The number of benzene rings is 1. The summed E-state index contributed by atoms with van der Waals surface area (Å²) in [7, 11) is 0. The number of nitrogens with one attached hydrogen (secondary N) is 1. The molecule has 4 N–H and O–H groups in total. The Balaban J connectivity index is 0.000000423. The Kier molecular flexibility index (Phi) is 8.37. The molecule has 1 aromatic carbocycles. The number of likely N-dealkylation sites (tertiary alicyclic amines) is 1. The van der Waals surface area contributed by atoms with Crippen molar-refractivity contribution in [2.45, 2.75) is 24.9 Å². The third-order valence-electron chi connectivity index (χ3n) is 4.51. The first kappa shape index (κ1) is 24.1. The van der Waals surface area contributed by atoms with Crippen LogP contribution in [0.25, 0.3) is 0 Å². The number of nitrogens with two attached hydrogens (primary N) is 1. The molecule has 2 heterocycles. The summed E-state index contributed by atoms with van der Waals surface area (Å²) in [6.45, 7) is 3.14. The largest absolute Gasteiger partial charge is 0.492 e. The number of aliphatic carboxylic acids is 1. The number of aromatic amines is 1. The molecular formula is C19H22F4N4O4. The van der Waals surface area contributed by atoms with Gasteiger partial charge in [-0.25, -0.2) is 9.18 Å². The second-order valence-corrected chi connectivity index (χ2v) is 6.82. The van der Waals surface area contributed by atoms with Crippen molar-refractivity contribution in [2.24, 2.45) is 5.73 Å². The number of nitrogens with zero attached hydrogens (tertiary/aromatic N) is 2. The van der Waals surface area contributed by atoms with Crippen molar-refractivity contribution in [1.82, 2.24) is 15.1 Å². The minimum absolute atomic E-state index is 0.275. The van der Waals surface area contributed by atoms with Crippen molar-refractivity contribution in [2.75, 3.05) is 26.2 Å². The highest BCUT2D eigenvalue weighted by atomic mass is 19.4. The van der Waals surface area contributed by atoms with Crippen LogP contribution >= 0.6 is 0 Å². The topological polar surface area (TPSA) is 122 Å². The number of aromatic nitrogens is 2. The Morgan fingerprint density at radius 1 is 1.32 bits per heavy atom. The molecule has 1 unspecified atom stereocenters. The fourth-order valence-corrected chi connectivity index (χ4v) is 3.03. The zero-order valence-electron chi connectivity index (χ0n) is 16.4. The van der Waals surface area contributed by atoms with E-state index < -0.39 is 18.1 Å². The molecule has 1 fully saturated rings. The molecule has 1 aliphatic heterocycles. The van der Waals surface area contributed by atoms with Crippen LogP contribution in [-0.2, 0) is 4.79 Å². The molecule has 0 saturated carbocycles. The predicted molar refractivity (Wildman–Crippen MR) is 101 cm³/mol. The number of ether oxygens (including phenoxy) is 1. The number of hydrogen-bond acceptors (Lipinski definition) is 5. The van der Waals surface area contributed by atoms with Gasteiger partial charge in [0.2, 0.25) is 0 Å². The van der Waals surface area contributed by atoms with E-state index in [4.69, 9.17) is 20.4 Å². The van der Waals surface area contributed by atoms with Crippen LogP contribution in [0.4, 0.5) is 17.6 Å². The van der Waals surface area contributed by atoms with Gasteiger partial charge in [0.15, 0.2) is 0 Å². The van der Waals surface area contributed by atoms with E-state index in [-0.39, 0.29) is 11.5 Å². The summed E-state index contributed by atoms with van der Waals surface area (Å²) in [5.74, 6) is -2.73. The Bertz CT molecular complexity index is 888. The number of rotatable bonds is 6. The summed E-state index contributed by atoms with van der Waals surface area (Å²) in [6, 6.07) is 7.90. The highest BCUT2D eigenvalue weighted by Crippen LogP contribution is 2.25. The van der Waals surface area contributed by atoms with Crippen LogP contribution < -0.4 is 10.5 Å². The van der Waals surface area contributed by atoms with Gasteiger partial charge < -0.3 is 15.6 Å². The van der Waals surface area contributed by atoms with Crippen molar-refractivity contribution >= 4 is 11.9 Å². The van der Waals surface area contributed by atoms with Crippen LogP contribution in [0, 0.1) is 5.82 Å². The number of carbonyl (C=O) groups is 2. The molecule has 1 atom stereocenters. The molecule has 2 aromatic rings. The second-order valence-electron chi connectivity index (χ2n) is 6.82. The molecule has 8 nitrogen and oxygen atoms in total. The van der Waals surface area contributed by atoms with Crippen LogP contribution in [0.3, 0.4) is 0 Å². The maximum absolute atomic E-state index is 13.1. The van der Waals surface area contributed by atoms with E-state index >= 15 is 0 Å². The molecule has 3 rings (SSSR count). The first-order valence-electron chi connectivity index (χ1n) is 9.32. The van der Waals surface area contributed by atoms with Gasteiger partial charge in [-0.2, -0.15) is 18.3 Å². The van der Waals surface area contributed by atoms with E-state index in [2.05, 4.69) is 15.1 Å². The fourth-order valence-electron chi connectivity index (χ4n) is 3.03. The number of amides is 1. The summed E-state index contributed by atoms with van der Waals surface area (Å²) < 4.78 is 50.5. The van der Waals surface area contributed by atoms with Crippen molar-refractivity contribution < 1.29 is 37.0 Å². The average molecular weight is 446 g/mol. The minimum Gasteiger partial charge on any atom is -0.492 e. The van der Waals surface area contributed by atoms with Crippen LogP contribution in [0.2, 0.25) is 0 Å². The molecule has 1 aliphatic rings. The normalized spacial score (nSPS) is 16.8. The monoisotopic (exact) mass is 446 g/mol. The van der Waals surface area contributed by atoms with Gasteiger partial charge in [-0.05, 0) is 37.6 Å². The number of piperidine rings is 1. The van der Waals surface area contributed by atoms with Crippen LogP contribution in [0.5, 0.6) is 5.75 Å². The fraction of sp³-hybridized carbons (Fsp3) is 0.421. The number of carboxylic acid groups (broad SMARTS) is 1. The molecule has 1 saturated heterocycles. The van der Waals surface area contributed by atoms with Crippen molar-refractivity contribution in [3.63, 3.8) is 0 Å². The highest BCUT2D eigenvalue weighted by Gasteiger charge is 2.38. The lowest BCUT2D eigenvalue weighted by atomic mass is 9.94. The third-order valence-corrected chi connectivity index (χ3v) is 4.51. The Morgan fingerprint density at radius 3 is 2.61 bits per heavy atom. The lowest BCUT2D eigenvalue weighted by molar-refractivity contribution is -0.192.